The summed E-state index contributed by atoms with van der Waals surface area (Å²) in [6, 6.07) is 8.16. The van der Waals surface area contributed by atoms with Crippen molar-refractivity contribution in [2.75, 3.05) is 5.32 Å². The van der Waals surface area contributed by atoms with E-state index in [1.807, 2.05) is 31.2 Å². The van der Waals surface area contributed by atoms with Crippen molar-refractivity contribution < 1.29 is 0 Å². The zero-order valence-electron chi connectivity index (χ0n) is 13.3. The summed E-state index contributed by atoms with van der Waals surface area (Å²) in [5.74, 6) is 0.593. The van der Waals surface area contributed by atoms with E-state index in [9.17, 15) is 0 Å². The van der Waals surface area contributed by atoms with Gasteiger partial charge in [0.1, 0.15) is 0 Å². The average Bonchev–Trinajstić information content (AvgIpc) is 2.51. The van der Waals surface area contributed by atoms with E-state index in [1.54, 1.807) is 12.3 Å². The van der Waals surface area contributed by atoms with Gasteiger partial charge in [0.2, 0.25) is 5.95 Å². The van der Waals surface area contributed by atoms with Gasteiger partial charge in [0.25, 0.3) is 0 Å². The summed E-state index contributed by atoms with van der Waals surface area (Å²) in [7, 11) is 0. The molecule has 0 saturated heterocycles. The number of rotatable bonds is 5. The van der Waals surface area contributed by atoms with Crippen LogP contribution in [0.25, 0.3) is 5.57 Å². The van der Waals surface area contributed by atoms with Crippen LogP contribution in [-0.2, 0) is 0 Å². The van der Waals surface area contributed by atoms with Crippen molar-refractivity contribution in [3.8, 4) is 0 Å². The number of hydrogen-bond acceptors (Lipinski definition) is 3. The lowest BCUT2D eigenvalue weighted by Crippen LogP contribution is -2.00. The highest BCUT2D eigenvalue weighted by Gasteiger charge is 2.04. The topological polar surface area (TPSA) is 37.8 Å². The SMILES string of the molecule is C=C/C=C\C(=C/C)c1ccnc(Nc2ccc(C)cc2C)n1. The first-order valence-electron chi connectivity index (χ1n) is 7.27. The minimum Gasteiger partial charge on any atom is -0.324 e. The van der Waals surface area contributed by atoms with Crippen LogP contribution in [0.15, 0.2) is 61.3 Å². The Labute approximate surface area is 132 Å². The van der Waals surface area contributed by atoms with E-state index in [-0.39, 0.29) is 0 Å². The predicted molar refractivity (Wildman–Crippen MR) is 94.2 cm³/mol. The number of allylic oxidation sites excluding steroid dienone is 5. The number of nitrogens with one attached hydrogen (secondary N) is 1. The van der Waals surface area contributed by atoms with Gasteiger partial charge >= 0.3 is 0 Å². The Kier molecular flexibility index (Phi) is 5.26. The van der Waals surface area contributed by atoms with E-state index in [4.69, 9.17) is 0 Å². The zero-order valence-corrected chi connectivity index (χ0v) is 13.3. The number of aromatic nitrogens is 2. The standard InChI is InChI=1S/C19H21N3/c1-5-7-8-16(6-2)18-11-12-20-19(22-18)21-17-10-9-14(3)13-15(17)4/h5-13H,1H2,2-4H3,(H,20,21,22)/b8-7-,16-6+. The van der Waals surface area contributed by atoms with Crippen LogP contribution in [0.1, 0.15) is 23.7 Å². The van der Waals surface area contributed by atoms with E-state index in [0.29, 0.717) is 5.95 Å². The quantitative estimate of drug-likeness (QED) is 0.789. The largest absolute Gasteiger partial charge is 0.324 e. The molecule has 22 heavy (non-hydrogen) atoms. The van der Waals surface area contributed by atoms with Gasteiger partial charge in [-0.15, -0.1) is 0 Å². The molecule has 0 fully saturated rings. The van der Waals surface area contributed by atoms with Crippen LogP contribution in [0, 0.1) is 13.8 Å². The second kappa shape index (κ2) is 7.36. The molecule has 1 heterocycles. The smallest absolute Gasteiger partial charge is 0.227 e. The normalized spacial score (nSPS) is 11.7. The van der Waals surface area contributed by atoms with Crippen LogP contribution in [0.5, 0.6) is 0 Å². The second-order valence-electron chi connectivity index (χ2n) is 5.05. The van der Waals surface area contributed by atoms with Gasteiger partial charge in [0.15, 0.2) is 0 Å². The molecule has 1 aromatic heterocycles. The lowest BCUT2D eigenvalue weighted by atomic mass is 10.1. The maximum absolute atomic E-state index is 4.58. The van der Waals surface area contributed by atoms with Gasteiger partial charge in [-0.3, -0.25) is 0 Å². The second-order valence-corrected chi connectivity index (χ2v) is 5.05. The average molecular weight is 291 g/mol. The molecule has 0 amide bonds. The summed E-state index contributed by atoms with van der Waals surface area (Å²) < 4.78 is 0. The summed E-state index contributed by atoms with van der Waals surface area (Å²) in [5.41, 5.74) is 5.34. The highest BCUT2D eigenvalue weighted by atomic mass is 15.1. The molecule has 0 unspecified atom stereocenters. The summed E-state index contributed by atoms with van der Waals surface area (Å²) in [6.07, 6.45) is 9.41. The summed E-state index contributed by atoms with van der Waals surface area (Å²) >= 11 is 0. The van der Waals surface area contributed by atoms with Gasteiger partial charge in [-0.25, -0.2) is 9.97 Å². The third-order valence-corrected chi connectivity index (χ3v) is 3.30. The van der Waals surface area contributed by atoms with E-state index in [0.717, 1.165) is 17.0 Å². The fourth-order valence-electron chi connectivity index (χ4n) is 2.16. The molecule has 0 saturated carbocycles. The first kappa shape index (κ1) is 15.7. The lowest BCUT2D eigenvalue weighted by Gasteiger charge is -2.10. The Morgan fingerprint density at radius 2 is 2.05 bits per heavy atom. The Morgan fingerprint density at radius 1 is 1.23 bits per heavy atom. The Hall–Kier alpha value is -2.68. The highest BCUT2D eigenvalue weighted by molar-refractivity contribution is 5.72. The first-order valence-corrected chi connectivity index (χ1v) is 7.27. The minimum atomic E-state index is 0.593. The zero-order chi connectivity index (χ0) is 15.9. The molecule has 0 spiro atoms. The van der Waals surface area contributed by atoms with Gasteiger partial charge in [0.05, 0.1) is 5.69 Å². The van der Waals surface area contributed by atoms with Crippen LogP contribution in [0.3, 0.4) is 0 Å². The van der Waals surface area contributed by atoms with E-state index in [2.05, 4.69) is 53.9 Å². The maximum Gasteiger partial charge on any atom is 0.227 e. The molecule has 112 valence electrons. The summed E-state index contributed by atoms with van der Waals surface area (Å²) in [5, 5.41) is 3.28. The number of hydrogen-bond donors (Lipinski definition) is 1. The van der Waals surface area contributed by atoms with Crippen molar-refractivity contribution in [3.05, 3.63) is 78.2 Å². The number of benzene rings is 1. The summed E-state index contributed by atoms with van der Waals surface area (Å²) in [6.45, 7) is 9.83. The molecule has 0 aliphatic rings. The van der Waals surface area contributed by atoms with E-state index in [1.165, 1.54) is 11.1 Å². The predicted octanol–water partition coefficient (Wildman–Crippen LogP) is 4.98. The van der Waals surface area contributed by atoms with Crippen molar-refractivity contribution in [2.45, 2.75) is 20.8 Å². The van der Waals surface area contributed by atoms with Gasteiger partial charge in [-0.2, -0.15) is 0 Å². The van der Waals surface area contributed by atoms with Crippen molar-refractivity contribution >= 4 is 17.2 Å². The molecule has 0 aliphatic heterocycles. The van der Waals surface area contributed by atoms with Crippen LogP contribution in [0.2, 0.25) is 0 Å². The first-order chi connectivity index (χ1) is 10.6. The van der Waals surface area contributed by atoms with Crippen LogP contribution >= 0.6 is 0 Å². The summed E-state index contributed by atoms with van der Waals surface area (Å²) in [4.78, 5) is 8.88. The molecule has 2 rings (SSSR count). The minimum absolute atomic E-state index is 0.593. The molecule has 0 bridgehead atoms. The third kappa shape index (κ3) is 3.92. The fraction of sp³-hybridized carbons (Fsp3) is 0.158. The van der Waals surface area contributed by atoms with Crippen LogP contribution < -0.4 is 5.32 Å². The van der Waals surface area contributed by atoms with Crippen LogP contribution in [-0.4, -0.2) is 9.97 Å². The lowest BCUT2D eigenvalue weighted by molar-refractivity contribution is 1.14. The fourth-order valence-corrected chi connectivity index (χ4v) is 2.16. The molecule has 2 aromatic rings. The maximum atomic E-state index is 4.58. The van der Waals surface area contributed by atoms with Gasteiger partial charge in [-0.05, 0) is 44.0 Å². The van der Waals surface area contributed by atoms with E-state index >= 15 is 0 Å². The van der Waals surface area contributed by atoms with Crippen molar-refractivity contribution in [2.24, 2.45) is 0 Å². The number of aryl methyl sites for hydroxylation is 2. The molecule has 3 heteroatoms. The monoisotopic (exact) mass is 291 g/mol. The van der Waals surface area contributed by atoms with E-state index < -0.39 is 0 Å². The molecular weight excluding hydrogens is 270 g/mol. The van der Waals surface area contributed by atoms with Gasteiger partial charge in [0, 0.05) is 11.9 Å². The Bertz CT molecular complexity index is 727. The number of anilines is 2. The van der Waals surface area contributed by atoms with Crippen molar-refractivity contribution in [1.29, 1.82) is 0 Å². The molecule has 1 aromatic carbocycles. The van der Waals surface area contributed by atoms with Crippen molar-refractivity contribution in [1.82, 2.24) is 9.97 Å². The van der Waals surface area contributed by atoms with Gasteiger partial charge in [-0.1, -0.05) is 48.6 Å². The molecule has 0 aliphatic carbocycles. The molecule has 0 radical (unpaired) electrons. The van der Waals surface area contributed by atoms with Gasteiger partial charge < -0.3 is 5.32 Å². The third-order valence-electron chi connectivity index (χ3n) is 3.30. The Morgan fingerprint density at radius 3 is 2.73 bits per heavy atom. The Balaban J connectivity index is 2.28. The van der Waals surface area contributed by atoms with Crippen LogP contribution in [0.4, 0.5) is 11.6 Å². The molecule has 0 atom stereocenters. The number of nitrogens with zero attached hydrogens (tertiary/aromatic N) is 2. The van der Waals surface area contributed by atoms with Crippen molar-refractivity contribution in [3.63, 3.8) is 0 Å². The molecule has 1 N–H and O–H groups in total. The molecular formula is C19H21N3. The molecule has 3 nitrogen and oxygen atoms in total. The highest BCUT2D eigenvalue weighted by Crippen LogP contribution is 2.21.